The van der Waals surface area contributed by atoms with Crippen LogP contribution in [0.3, 0.4) is 0 Å². The molecule has 0 unspecified atom stereocenters. The number of nitro benzene ring substituents is 2. The number of imide groups is 1. The molecule has 6 amide bonds. The molecular weight excluding hydrogens is 1330 g/mol. The van der Waals surface area contributed by atoms with Gasteiger partial charge < -0.3 is 91.0 Å². The highest BCUT2D eigenvalue weighted by atomic mass is 35.5. The molecule has 99 heavy (non-hydrogen) atoms. The number of halogens is 1. The monoisotopic (exact) mass is 1420 g/mol. The molecule has 0 aromatic heterocycles. The van der Waals surface area contributed by atoms with Gasteiger partial charge in [0, 0.05) is 133 Å². The Morgan fingerprint density at radius 2 is 0.879 bits per heavy atom. The van der Waals surface area contributed by atoms with Crippen LogP contribution in [0.25, 0.3) is 0 Å². The predicted octanol–water partition coefficient (Wildman–Crippen LogP) is 4.19. The summed E-state index contributed by atoms with van der Waals surface area (Å²) < 4.78 is 44.5. The van der Waals surface area contributed by atoms with Gasteiger partial charge in [-0.1, -0.05) is 42.5 Å². The summed E-state index contributed by atoms with van der Waals surface area (Å²) >= 11 is 4.92. The number of nitrogens with one attached hydrogen (secondary N) is 4. The van der Waals surface area contributed by atoms with Crippen LogP contribution in [-0.2, 0) is 62.0 Å². The van der Waals surface area contributed by atoms with Gasteiger partial charge in [-0.3, -0.25) is 49.0 Å². The smallest absolute Gasteiger partial charge is 0.447 e. The molecule has 0 bridgehead atoms. The predicted molar refractivity (Wildman–Crippen MR) is 355 cm³/mol. The largest absolute Gasteiger partial charge is 0.513 e. The van der Waals surface area contributed by atoms with Gasteiger partial charge in [-0.25, -0.2) is 19.2 Å². The van der Waals surface area contributed by atoms with Gasteiger partial charge in [0.15, 0.2) is 5.78 Å². The second-order valence-corrected chi connectivity index (χ2v) is 19.7. The molecule has 0 saturated carbocycles. The van der Waals surface area contributed by atoms with Gasteiger partial charge in [-0.15, -0.1) is 5.06 Å². The summed E-state index contributed by atoms with van der Waals surface area (Å²) in [5.74, 6) is -2.06. The van der Waals surface area contributed by atoms with Crippen molar-refractivity contribution in [1.29, 1.82) is 0 Å². The molecule has 1 aliphatic rings. The number of carbonyl (C=O) groups excluding carboxylic acids is 10. The molecule has 1 saturated heterocycles. The maximum atomic E-state index is 12.3. The van der Waals surface area contributed by atoms with Gasteiger partial charge in [0.1, 0.15) is 24.7 Å². The Morgan fingerprint density at radius 3 is 1.29 bits per heavy atom. The Kier molecular flexibility index (Phi) is 52.7. The van der Waals surface area contributed by atoms with E-state index in [2.05, 4.69) is 26.0 Å². The first-order chi connectivity index (χ1) is 47.5. The minimum atomic E-state index is -0.978. The fourth-order valence-corrected chi connectivity index (χ4v) is 6.71. The third kappa shape index (κ3) is 49.5. The van der Waals surface area contributed by atoms with Crippen molar-refractivity contribution in [3.05, 3.63) is 140 Å². The minimum Gasteiger partial charge on any atom is -0.447 e. The second kappa shape index (κ2) is 58.5. The molecule has 11 N–H and O–H groups in total. The first-order valence-electron chi connectivity index (χ1n) is 30.7. The fourth-order valence-electron chi connectivity index (χ4n) is 6.62. The zero-order chi connectivity index (χ0) is 73.9. The number of non-ortho nitro benzene ring substituents is 2. The number of rotatable bonds is 38. The topological polar surface area (TPSA) is 499 Å². The normalized spacial score (nSPS) is 10.8. The zero-order valence-corrected chi connectivity index (χ0v) is 56.2. The van der Waals surface area contributed by atoms with Crippen LogP contribution in [0.2, 0.25) is 0 Å². The van der Waals surface area contributed by atoms with Crippen molar-refractivity contribution in [3.8, 4) is 11.5 Å². The number of hydrogen-bond acceptors (Lipinski definition) is 28. The molecule has 0 aliphatic carbocycles. The lowest BCUT2D eigenvalue weighted by atomic mass is 10.0. The summed E-state index contributed by atoms with van der Waals surface area (Å²) in [7, 11) is 0. The number of nitrogens with two attached hydrogens (primary N) is 3. The van der Waals surface area contributed by atoms with E-state index in [0.29, 0.717) is 108 Å². The van der Waals surface area contributed by atoms with Gasteiger partial charge in [-0.2, -0.15) is 0 Å². The number of aliphatic hydroxyl groups excluding tert-OH is 1. The first kappa shape index (κ1) is 89.3. The molecule has 0 atom stereocenters. The van der Waals surface area contributed by atoms with Gasteiger partial charge in [0.2, 0.25) is 17.7 Å². The first-order valence-corrected chi connectivity index (χ1v) is 31.1. The van der Waals surface area contributed by atoms with Crippen LogP contribution in [0.1, 0.15) is 85.6 Å². The Balaban J connectivity index is 0.00000121. The van der Waals surface area contributed by atoms with E-state index in [4.69, 9.17) is 76.6 Å². The highest BCUT2D eigenvalue weighted by molar-refractivity contribution is 6.61. The number of aliphatic hydroxyl groups is 1. The number of hydroxylamine groups is 2. The number of ether oxygens (including phenoxy) is 9. The number of alkyl carbamates (subject to hydrolysis) is 1. The van der Waals surface area contributed by atoms with E-state index in [0.717, 1.165) is 38.9 Å². The summed E-state index contributed by atoms with van der Waals surface area (Å²) in [5, 5.41) is 39.7. The maximum Gasteiger partial charge on any atom is 0.513 e. The molecule has 0 radical (unpaired) electrons. The van der Waals surface area contributed by atoms with Crippen LogP contribution >= 0.6 is 11.6 Å². The van der Waals surface area contributed by atoms with Crippen molar-refractivity contribution < 1.29 is 110 Å². The summed E-state index contributed by atoms with van der Waals surface area (Å²) in [5.41, 5.74) is 15.8. The number of ketones is 1. The van der Waals surface area contributed by atoms with Crippen molar-refractivity contribution in [1.82, 2.24) is 26.3 Å². The Morgan fingerprint density at radius 1 is 0.485 bits per heavy atom. The summed E-state index contributed by atoms with van der Waals surface area (Å²) in [6.45, 7) is 13.1. The molecule has 35 nitrogen and oxygen atoms in total. The molecule has 36 heteroatoms. The van der Waals surface area contributed by atoms with E-state index in [9.17, 15) is 68.2 Å². The Bertz CT molecular complexity index is 2970. The van der Waals surface area contributed by atoms with Gasteiger partial charge in [0.25, 0.3) is 23.2 Å². The molecule has 4 aromatic rings. The molecular formula is C63H89ClN10O25. The Labute approximate surface area is 576 Å². The summed E-state index contributed by atoms with van der Waals surface area (Å²) in [6, 6.07) is 24.6. The van der Waals surface area contributed by atoms with E-state index in [-0.39, 0.29) is 91.2 Å². The van der Waals surface area contributed by atoms with E-state index < -0.39 is 45.3 Å². The van der Waals surface area contributed by atoms with E-state index in [1.54, 1.807) is 24.3 Å². The highest BCUT2D eigenvalue weighted by Crippen LogP contribution is 2.20. The maximum absolute atomic E-state index is 12.3. The van der Waals surface area contributed by atoms with Gasteiger partial charge >= 0.3 is 23.6 Å². The second-order valence-electron chi connectivity index (χ2n) is 19.4. The third-order valence-electron chi connectivity index (χ3n) is 11.3. The molecule has 1 fully saturated rings. The molecule has 1 aliphatic heterocycles. The number of benzene rings is 4. The zero-order valence-electron chi connectivity index (χ0n) is 55.4. The van der Waals surface area contributed by atoms with E-state index in [1.807, 2.05) is 6.07 Å². The van der Waals surface area contributed by atoms with E-state index >= 15 is 0 Å². The van der Waals surface area contributed by atoms with Crippen molar-refractivity contribution >= 4 is 81.9 Å². The van der Waals surface area contributed by atoms with Crippen LogP contribution in [0, 0.1) is 20.2 Å². The van der Waals surface area contributed by atoms with Gasteiger partial charge in [-0.05, 0) is 81.7 Å². The van der Waals surface area contributed by atoms with Gasteiger partial charge in [0.05, 0.1) is 61.7 Å². The number of carbonyl (C=O) groups is 10. The lowest BCUT2D eigenvalue weighted by molar-refractivity contribution is -0.385. The van der Waals surface area contributed by atoms with Crippen molar-refractivity contribution in [2.75, 3.05) is 132 Å². The average molecular weight is 1420 g/mol. The summed E-state index contributed by atoms with van der Waals surface area (Å²) in [6.07, 6.45) is 2.15. The Hall–Kier alpha value is -9.69. The number of amides is 6. The van der Waals surface area contributed by atoms with E-state index in [1.165, 1.54) is 93.6 Å². The number of nitrogens with zero attached hydrogens (tertiary/aromatic N) is 3. The minimum absolute atomic E-state index is 0.00805. The van der Waals surface area contributed by atoms with Crippen molar-refractivity contribution in [2.45, 2.75) is 59.3 Å². The van der Waals surface area contributed by atoms with Crippen LogP contribution in [-0.4, -0.2) is 211 Å². The van der Waals surface area contributed by atoms with Crippen LogP contribution in [0.5, 0.6) is 11.5 Å². The molecule has 1 heterocycles. The van der Waals surface area contributed by atoms with Crippen LogP contribution < -0.4 is 47.9 Å². The van der Waals surface area contributed by atoms with Crippen LogP contribution in [0.4, 0.5) is 25.8 Å². The highest BCUT2D eigenvalue weighted by Gasteiger charge is 2.33. The number of hydrogen-bond donors (Lipinski definition) is 8. The standard InChI is InChI=1S/C18H13NO5.C13H27N3O5.C13H16N2O7.C7H4ClNO4.C6H16N2O.C6H13NO3/c20-15-10-11-16(21)19(15)24-18(23)14-8-6-13(7-9-14)17(22)12-4-2-1-3-5-12;1-12(17)15-6-9-20-10-11-21-13(18)16-5-3-8-19-7-2-4-14;1-10(16)14-6-7-20-8-9-21-13(17)22-12-4-2-11(3-5-12)15(18)19;8-7(10)13-6-3-1-5(2-4-6)9(11)12;7-3-1-5-9-6-2-4-8;1-6(9)7-2-4-10-5-3-8/h1-9H,10-11H2;2-11,14H2,1H3,(H,15,17)(H,16,18);2-5H,6-9H2,1H3,(H,14,16);1-4H;1-8H2;8H,2-5H2,1H3,(H,7,9). The lowest BCUT2D eigenvalue weighted by Gasteiger charge is -2.12. The van der Waals surface area contributed by atoms with Crippen molar-refractivity contribution in [3.63, 3.8) is 0 Å². The SMILES string of the molecule is CC(=O)NCCOCCO.CC(=O)NCCOCCOC(=O)NCCCOCCCN.CC(=O)NCCOCCOC(=O)Oc1ccc([N+](=O)[O-])cc1.NCCCOCCCN.O=C(Cl)Oc1ccc([N+](=O)[O-])cc1.O=C(ON1C(=O)CCC1=O)c1ccc(C(=O)c2ccccc2)cc1. The average Bonchev–Trinajstić information content (AvgIpc) is 1.70. The summed E-state index contributed by atoms with van der Waals surface area (Å²) in [4.78, 5) is 136. The molecule has 548 valence electrons. The quantitative estimate of drug-likeness (QED) is 0.00456. The van der Waals surface area contributed by atoms with Crippen molar-refractivity contribution in [2.24, 2.45) is 17.2 Å². The molecule has 5 rings (SSSR count). The number of nitro groups is 2. The third-order valence-corrected chi connectivity index (χ3v) is 11.4. The molecule has 4 aromatic carbocycles. The van der Waals surface area contributed by atoms with Crippen LogP contribution in [0.15, 0.2) is 103 Å². The lowest BCUT2D eigenvalue weighted by Crippen LogP contribution is -2.32. The molecule has 0 spiro atoms. The fraction of sp³-hybridized carbons (Fsp3) is 0.460.